The Morgan fingerprint density at radius 1 is 0.508 bits per heavy atom. The predicted molar refractivity (Wildman–Crippen MR) is 249 cm³/mol. The molecule has 8 bridgehead atoms. The summed E-state index contributed by atoms with van der Waals surface area (Å²) in [6.07, 6.45) is 15.0. The third-order valence-electron chi connectivity index (χ3n) is 12.2. The summed E-state index contributed by atoms with van der Waals surface area (Å²) in [6, 6.07) is 29.9. The first kappa shape index (κ1) is 41.4. The van der Waals surface area contributed by atoms with E-state index in [9.17, 15) is 4.79 Å². The number of allylic oxidation sites excluding steroid dienone is 8. The summed E-state index contributed by atoms with van der Waals surface area (Å²) >= 11 is 0. The zero-order valence-electron chi connectivity index (χ0n) is 36.2. The SMILES string of the molecule is Cc1cccc(C)c1C1=C2C=CC(=N2)C(c2c(C)cccc2C)C2=NC(=C(c3c(C)cccc3C)c3ccc([n-]3)C(c3c(C)cccc3C)=C3C=CC1=N3)C(/C=C/C=O)=C2.[Zn]. The molecule has 296 valence electrons. The van der Waals surface area contributed by atoms with Gasteiger partial charge in [0.1, 0.15) is 6.29 Å². The maximum Gasteiger partial charge on any atom is 0.142 e. The molecule has 4 aliphatic rings. The van der Waals surface area contributed by atoms with E-state index < -0.39 is 0 Å². The summed E-state index contributed by atoms with van der Waals surface area (Å²) in [5.41, 5.74) is 24.1. The molecule has 0 radical (unpaired) electrons. The molecule has 0 fully saturated rings. The van der Waals surface area contributed by atoms with Crippen LogP contribution in [-0.2, 0) is 24.3 Å². The Morgan fingerprint density at radius 2 is 0.984 bits per heavy atom. The molecule has 1 unspecified atom stereocenters. The summed E-state index contributed by atoms with van der Waals surface area (Å²) in [7, 11) is 0. The van der Waals surface area contributed by atoms with Gasteiger partial charge in [-0.05, 0) is 176 Å². The predicted octanol–water partition coefficient (Wildman–Crippen LogP) is 12.0. The van der Waals surface area contributed by atoms with E-state index >= 15 is 0 Å². The zero-order chi connectivity index (χ0) is 41.8. The van der Waals surface area contributed by atoms with Crippen molar-refractivity contribution in [3.63, 3.8) is 0 Å². The molecule has 4 aromatic carbocycles. The molecule has 1 aromatic heterocycles. The van der Waals surface area contributed by atoms with Gasteiger partial charge in [-0.25, -0.2) is 4.99 Å². The Bertz CT molecular complexity index is 2940. The minimum atomic E-state index is -0.307. The van der Waals surface area contributed by atoms with Crippen LogP contribution in [0.4, 0.5) is 0 Å². The fourth-order valence-electron chi connectivity index (χ4n) is 9.53. The largest absolute Gasteiger partial charge is 0.657 e. The Balaban J connectivity index is 0.00000514. The van der Waals surface area contributed by atoms with Crippen molar-refractivity contribution >= 4 is 40.1 Å². The summed E-state index contributed by atoms with van der Waals surface area (Å²) in [5, 5.41) is 0. The van der Waals surface area contributed by atoms with Gasteiger partial charge in [0.2, 0.25) is 0 Å². The normalized spacial score (nSPS) is 17.0. The van der Waals surface area contributed by atoms with E-state index in [1.807, 2.05) is 6.08 Å². The van der Waals surface area contributed by atoms with Gasteiger partial charge in [-0.1, -0.05) is 84.9 Å². The van der Waals surface area contributed by atoms with Crippen molar-refractivity contribution < 1.29 is 24.3 Å². The average Bonchev–Trinajstić information content (AvgIpc) is 4.05. The molecule has 9 rings (SSSR count). The number of carbonyl (C=O) groups is 1. The van der Waals surface area contributed by atoms with Gasteiger partial charge >= 0.3 is 0 Å². The molecule has 5 aromatic rings. The van der Waals surface area contributed by atoms with E-state index in [1.54, 1.807) is 6.08 Å². The number of aryl methyl sites for hydroxylation is 8. The summed E-state index contributed by atoms with van der Waals surface area (Å²) in [5.74, 6) is -0.307. The maximum absolute atomic E-state index is 12.0. The van der Waals surface area contributed by atoms with Crippen LogP contribution < -0.4 is 4.98 Å². The zero-order valence-corrected chi connectivity index (χ0v) is 39.2. The van der Waals surface area contributed by atoms with Crippen molar-refractivity contribution in [2.24, 2.45) is 15.0 Å². The minimum Gasteiger partial charge on any atom is -0.657 e. The van der Waals surface area contributed by atoms with E-state index in [0.29, 0.717) is 0 Å². The Morgan fingerprint density at radius 3 is 1.54 bits per heavy atom. The number of aldehydes is 1. The molecule has 0 saturated heterocycles. The molecule has 0 spiro atoms. The van der Waals surface area contributed by atoms with Crippen LogP contribution in [0.5, 0.6) is 0 Å². The number of aliphatic imine (C=N–C) groups is 3. The van der Waals surface area contributed by atoms with Gasteiger partial charge < -0.3 is 4.98 Å². The fourth-order valence-corrected chi connectivity index (χ4v) is 9.53. The summed E-state index contributed by atoms with van der Waals surface area (Å²) in [4.78, 5) is 34.4. The first-order chi connectivity index (χ1) is 29.0. The second kappa shape index (κ2) is 16.6. The van der Waals surface area contributed by atoms with Crippen molar-refractivity contribution in [2.45, 2.75) is 61.3 Å². The second-order valence-electron chi connectivity index (χ2n) is 16.3. The van der Waals surface area contributed by atoms with E-state index in [0.717, 1.165) is 141 Å². The molecule has 61 heavy (non-hydrogen) atoms. The van der Waals surface area contributed by atoms with Crippen molar-refractivity contribution in [3.8, 4) is 0 Å². The Kier molecular flexibility index (Phi) is 11.3. The van der Waals surface area contributed by atoms with E-state index in [2.05, 4.69) is 171 Å². The Hall–Kier alpha value is -6.36. The Labute approximate surface area is 372 Å². The van der Waals surface area contributed by atoms with Gasteiger partial charge in [0.15, 0.2) is 0 Å². The van der Waals surface area contributed by atoms with E-state index in [4.69, 9.17) is 20.0 Å². The fraction of sp³-hybridized carbons (Fsp3) is 0.164. The number of nitrogens with zero attached hydrogens (tertiary/aromatic N) is 4. The van der Waals surface area contributed by atoms with Gasteiger partial charge in [-0.15, -0.1) is 11.4 Å². The van der Waals surface area contributed by atoms with Crippen LogP contribution in [-0.4, -0.2) is 23.4 Å². The maximum atomic E-state index is 12.0. The van der Waals surface area contributed by atoms with Crippen molar-refractivity contribution in [1.82, 2.24) is 4.98 Å². The molecule has 5 heterocycles. The molecule has 0 amide bonds. The summed E-state index contributed by atoms with van der Waals surface area (Å²) < 4.78 is 0. The number of benzene rings is 4. The van der Waals surface area contributed by atoms with Crippen LogP contribution in [0.3, 0.4) is 0 Å². The molecule has 1 atom stereocenters. The average molecular weight is 845 g/mol. The molecule has 0 aliphatic carbocycles. The third-order valence-corrected chi connectivity index (χ3v) is 12.2. The molecule has 6 heteroatoms. The summed E-state index contributed by atoms with van der Waals surface area (Å²) in [6.45, 7) is 17.3. The van der Waals surface area contributed by atoms with Gasteiger partial charge in [0.25, 0.3) is 0 Å². The van der Waals surface area contributed by atoms with Gasteiger partial charge in [0, 0.05) is 30.6 Å². The third kappa shape index (κ3) is 7.23. The number of carbonyl (C=O) groups excluding carboxylic acids is 1. The minimum absolute atomic E-state index is 0. The van der Waals surface area contributed by atoms with Crippen LogP contribution >= 0.6 is 0 Å². The van der Waals surface area contributed by atoms with Gasteiger partial charge in [-0.3, -0.25) is 14.8 Å². The van der Waals surface area contributed by atoms with Gasteiger partial charge in [-0.2, -0.15) is 0 Å². The monoisotopic (exact) mass is 843 g/mol. The molecule has 0 saturated carbocycles. The van der Waals surface area contributed by atoms with E-state index in [-0.39, 0.29) is 25.4 Å². The van der Waals surface area contributed by atoms with E-state index in [1.165, 1.54) is 0 Å². The topological polar surface area (TPSA) is 68.2 Å². The standard InChI is InChI=1S/C55H48N4O.Zn/c1-31-14-9-15-32(2)47(31)51-40-23-24-41(56-40)52(48-33(3)16-10-17-34(48)4)43-27-28-45(58-43)54(50-37(7)20-12-21-38(50)8)55-39(22-13-29-60)30-46(59-55)53(44-26-25-42(51)57-44)49-35(5)18-11-19-36(49)6;/h9-30,53H,1-8H3,(H,56,57,58,59,60);/p-1. The van der Waals surface area contributed by atoms with Crippen LogP contribution in [0, 0.1) is 55.4 Å². The number of hydrogen-bond acceptors (Lipinski definition) is 4. The smallest absolute Gasteiger partial charge is 0.142 e. The van der Waals surface area contributed by atoms with Crippen LogP contribution in [0.15, 0.2) is 165 Å². The van der Waals surface area contributed by atoms with Crippen LogP contribution in [0.2, 0.25) is 0 Å². The van der Waals surface area contributed by atoms with Crippen molar-refractivity contribution in [2.75, 3.05) is 0 Å². The molecule has 0 N–H and O–H groups in total. The number of aromatic nitrogens is 1. The number of hydrogen-bond donors (Lipinski definition) is 0. The quantitative estimate of drug-likeness (QED) is 0.0970. The first-order valence-corrected chi connectivity index (χ1v) is 20.6. The van der Waals surface area contributed by atoms with Crippen LogP contribution in [0.1, 0.15) is 84.1 Å². The number of fused-ring (bicyclic) bond motifs is 5. The number of rotatable bonds is 6. The van der Waals surface area contributed by atoms with Crippen LogP contribution in [0.25, 0.3) is 16.7 Å². The molecular formula is C55H47N4OZn-. The van der Waals surface area contributed by atoms with Gasteiger partial charge in [0.05, 0.1) is 40.1 Å². The van der Waals surface area contributed by atoms with Crippen molar-refractivity contribution in [3.05, 3.63) is 228 Å². The molecule has 4 aliphatic heterocycles. The first-order valence-electron chi connectivity index (χ1n) is 20.6. The second-order valence-corrected chi connectivity index (χ2v) is 16.3. The molecular weight excluding hydrogens is 798 g/mol. The van der Waals surface area contributed by atoms with Crippen molar-refractivity contribution in [1.29, 1.82) is 0 Å². The molecule has 5 nitrogen and oxygen atoms in total.